The summed E-state index contributed by atoms with van der Waals surface area (Å²) in [4.78, 5) is 262. The molecule has 29 N–H and O–H groups in total. The van der Waals surface area contributed by atoms with Gasteiger partial charge in [-0.3, -0.25) is 91.1 Å². The van der Waals surface area contributed by atoms with Gasteiger partial charge in [0.05, 0.1) is 19.8 Å². The van der Waals surface area contributed by atoms with Crippen molar-refractivity contribution in [1.29, 1.82) is 0 Å². The van der Waals surface area contributed by atoms with Crippen molar-refractivity contribution in [2.24, 2.45) is 34.8 Å². The maximum atomic E-state index is 14.1. The van der Waals surface area contributed by atoms with Crippen molar-refractivity contribution in [3.63, 3.8) is 0 Å². The normalized spacial score (nSPS) is 15.0. The van der Waals surface area contributed by atoms with E-state index >= 15 is 0 Å². The lowest BCUT2D eigenvalue weighted by Gasteiger charge is -2.27. The number of nitrogens with two attached hydrogens (primary N) is 4. The van der Waals surface area contributed by atoms with Gasteiger partial charge in [0.2, 0.25) is 94.5 Å². The summed E-state index contributed by atoms with van der Waals surface area (Å²) in [5, 5.41) is 92.9. The van der Waals surface area contributed by atoms with Crippen LogP contribution in [0.15, 0.2) is 0 Å². The minimum Gasteiger partial charge on any atom is -0.481 e. The molecule has 0 bridgehead atoms. The van der Waals surface area contributed by atoms with Crippen LogP contribution in [0.2, 0.25) is 0 Å². The molecule has 652 valence electrons. The molecule has 46 heteroatoms. The molecule has 0 rings (SSSR count). The number of carboxylic acid groups (broad SMARTS) is 4. The summed E-state index contributed by atoms with van der Waals surface area (Å²) in [6.45, 7) is 8.90. The van der Waals surface area contributed by atoms with Gasteiger partial charge < -0.3 is 133 Å². The summed E-state index contributed by atoms with van der Waals surface area (Å²) >= 11 is 1.31. The number of aliphatic hydroxyl groups is 2. The number of rotatable bonds is 60. The lowest BCUT2D eigenvalue weighted by Crippen LogP contribution is -2.60. The highest BCUT2D eigenvalue weighted by Crippen LogP contribution is 2.13. The van der Waals surface area contributed by atoms with Gasteiger partial charge >= 0.3 is 23.9 Å². The number of thioether (sulfide) groups is 1. The molecule has 0 fully saturated rings. The molecule has 0 radical (unpaired) electrons. The van der Waals surface area contributed by atoms with E-state index < -0.39 is 286 Å². The highest BCUT2D eigenvalue weighted by atomic mass is 32.2. The molecule has 0 aromatic carbocycles. The average molecular weight is 1660 g/mol. The quantitative estimate of drug-likeness (QED) is 0.0252. The highest BCUT2D eigenvalue weighted by molar-refractivity contribution is 7.98. The average Bonchev–Trinajstić information content (AvgIpc) is 0.870. The molecule has 15 atom stereocenters. The van der Waals surface area contributed by atoms with E-state index in [2.05, 4.69) is 79.8 Å². The maximum Gasteiger partial charge on any atom is 0.326 e. The van der Waals surface area contributed by atoms with Crippen molar-refractivity contribution < 1.29 is 127 Å². The summed E-state index contributed by atoms with van der Waals surface area (Å²) in [5.41, 5.74) is 22.2. The first-order valence-electron chi connectivity index (χ1n) is 37.4. The molecule has 0 saturated heterocycles. The Bertz CT molecular complexity index is 3320. The van der Waals surface area contributed by atoms with Crippen molar-refractivity contribution in [2.75, 3.05) is 44.9 Å². The number of nitrogens with one attached hydrogen (secondary N) is 15. The second-order valence-electron chi connectivity index (χ2n) is 28.0. The number of amides is 16. The Morgan fingerprint density at radius 2 is 0.609 bits per heavy atom. The van der Waals surface area contributed by atoms with E-state index in [1.165, 1.54) is 18.7 Å². The van der Waals surface area contributed by atoms with Gasteiger partial charge in [0.25, 0.3) is 0 Å². The Morgan fingerprint density at radius 3 is 0.939 bits per heavy atom. The molecular weight excluding hydrogens is 1540 g/mol. The predicted octanol–water partition coefficient (Wildman–Crippen LogP) is -8.67. The van der Waals surface area contributed by atoms with Crippen molar-refractivity contribution in [3.05, 3.63) is 0 Å². The Labute approximate surface area is 668 Å². The van der Waals surface area contributed by atoms with E-state index in [1.807, 2.05) is 0 Å². The number of carbonyl (C=O) groups excluding carboxylic acids is 16. The zero-order chi connectivity index (χ0) is 87.9. The van der Waals surface area contributed by atoms with Crippen LogP contribution in [-0.4, -0.2) is 285 Å². The zero-order valence-corrected chi connectivity index (χ0v) is 67.0. The zero-order valence-electron chi connectivity index (χ0n) is 66.1. The Balaban J connectivity index is 6.47. The third-order valence-electron chi connectivity index (χ3n) is 17.0. The van der Waals surface area contributed by atoms with Crippen molar-refractivity contribution >= 4 is 130 Å². The number of unbranched alkanes of at least 4 members (excludes halogenated alkanes) is 2. The Morgan fingerprint density at radius 1 is 0.322 bits per heavy atom. The van der Waals surface area contributed by atoms with Crippen molar-refractivity contribution in [1.82, 2.24) is 79.8 Å². The number of primary amides is 1. The number of hydrogen-bond donors (Lipinski definition) is 25. The maximum absolute atomic E-state index is 14.1. The highest BCUT2D eigenvalue weighted by Gasteiger charge is 2.37. The number of carbonyl (C=O) groups is 20. The summed E-state index contributed by atoms with van der Waals surface area (Å²) < 4.78 is 0. The van der Waals surface area contributed by atoms with Gasteiger partial charge in [0.1, 0.15) is 90.6 Å². The third-order valence-corrected chi connectivity index (χ3v) is 17.7. The monoisotopic (exact) mass is 1660 g/mol. The molecule has 0 aromatic rings. The summed E-state index contributed by atoms with van der Waals surface area (Å²) in [6, 6.07) is -23.2. The molecule has 0 saturated carbocycles. The Hall–Kier alpha value is -10.4. The largest absolute Gasteiger partial charge is 0.481 e. The van der Waals surface area contributed by atoms with Crippen LogP contribution < -0.4 is 103 Å². The van der Waals surface area contributed by atoms with Gasteiger partial charge in [0, 0.05) is 25.7 Å². The van der Waals surface area contributed by atoms with Crippen LogP contribution in [0.4, 0.5) is 0 Å². The van der Waals surface area contributed by atoms with Gasteiger partial charge in [-0.15, -0.1) is 0 Å². The first-order chi connectivity index (χ1) is 53.9. The van der Waals surface area contributed by atoms with Gasteiger partial charge in [-0.2, -0.15) is 11.8 Å². The van der Waals surface area contributed by atoms with E-state index in [0.29, 0.717) is 18.6 Å². The lowest BCUT2D eigenvalue weighted by molar-refractivity contribution is -0.143. The van der Waals surface area contributed by atoms with Crippen molar-refractivity contribution in [3.8, 4) is 0 Å². The molecule has 0 spiro atoms. The fourth-order valence-corrected chi connectivity index (χ4v) is 10.9. The second-order valence-corrected chi connectivity index (χ2v) is 29.0. The molecule has 45 nitrogen and oxygen atoms in total. The molecule has 0 aliphatic carbocycles. The SMILES string of the molecule is CSCC[C@H](NC(=O)[C@@H](N)CO)C(=O)N[C@@H](CCC(N)=O)C(=O)N[C@@H](C)C(=O)N[C@@H](CO)C(=O)N[C@@H](CC(C)C)C(=O)N[C@@H](CCC(=O)O)C(=O)N[C@@H](C)C(=O)N[C@@H](CCC(=O)O)C(=O)N[C@@H](C)C(=O)N[C@@H](CCCCN)C(=O)NCC(=O)N[C@@H](CCCCN)C(=O)N[C@@H](C)C(=O)N[C@@H](CCC(=O)O)C(=O)N[C@@H](CC(C)C)C(=O)O. The van der Waals surface area contributed by atoms with Crippen LogP contribution in [0.3, 0.4) is 0 Å². The van der Waals surface area contributed by atoms with E-state index in [4.69, 9.17) is 22.9 Å². The molecule has 0 aliphatic heterocycles. The number of carboxylic acids is 4. The number of hydrogen-bond acceptors (Lipinski definition) is 26. The van der Waals surface area contributed by atoms with Crippen LogP contribution in [0.5, 0.6) is 0 Å². The minimum absolute atomic E-state index is 0.00353. The summed E-state index contributed by atoms with van der Waals surface area (Å²) in [6.07, 6.45) is -2.13. The first kappa shape index (κ1) is 105. The van der Waals surface area contributed by atoms with Crippen LogP contribution in [-0.2, 0) is 95.9 Å². The van der Waals surface area contributed by atoms with E-state index in [0.717, 1.165) is 20.8 Å². The number of aliphatic hydroxyl groups excluding tert-OH is 2. The van der Waals surface area contributed by atoms with Gasteiger partial charge in [-0.25, -0.2) is 4.79 Å². The van der Waals surface area contributed by atoms with E-state index in [-0.39, 0.29) is 64.0 Å². The molecule has 0 unspecified atom stereocenters. The number of aliphatic carboxylic acids is 4. The molecule has 115 heavy (non-hydrogen) atoms. The summed E-state index contributed by atoms with van der Waals surface area (Å²) in [7, 11) is 0. The van der Waals surface area contributed by atoms with E-state index in [9.17, 15) is 127 Å². The molecule has 0 aromatic heterocycles. The predicted molar refractivity (Wildman–Crippen MR) is 409 cm³/mol. The molecule has 0 heterocycles. The third kappa shape index (κ3) is 43.6. The van der Waals surface area contributed by atoms with E-state index in [1.54, 1.807) is 34.0 Å². The topological polar surface area (TPSA) is 747 Å². The van der Waals surface area contributed by atoms with Gasteiger partial charge in [-0.05, 0) is 148 Å². The standard InChI is InChI=1S/C69H119N19O26S/c1-33(2)28-47(86-68(112)49(32-90)88-58(102)38(8)78-62(106)42(16-20-50(73)91)84-66(110)46(24-27-115-9)83-59(103)39(72)31-89)67(111)85-44(18-22-53(95)96)64(108)77-37(7)56(100)81-43(17-21-52(93)94)63(107)76-35(5)55(99)80-40(14-10-12-25-70)60(104)74-30-51(92)79-41(15-11-13-26-71)61(105)75-36(6)57(101)82-45(19-23-54(97)98)65(109)87-48(69(113)114)29-34(3)4/h33-49,89-90H,10-32,70-72H2,1-9H3,(H2,73,91)(H,74,104)(H,75,105)(H,76,107)(H,77,108)(H,78,106)(H,79,92)(H,80,99)(H,81,100)(H,82,101)(H,83,103)(H,84,110)(H,85,111)(H,86,112)(H,87,109)(H,88,102)(H,93,94)(H,95,96)(H,97,98)(H,113,114)/t35-,36-,37-,38-,39-,40-,41-,42-,43-,44-,45-,46-,47-,48-,49-/m0/s1. The first-order valence-corrected chi connectivity index (χ1v) is 38.8. The van der Waals surface area contributed by atoms with Crippen molar-refractivity contribution in [2.45, 2.75) is 255 Å². The van der Waals surface area contributed by atoms with Gasteiger partial charge in [0.15, 0.2) is 0 Å². The summed E-state index contributed by atoms with van der Waals surface area (Å²) in [5.74, 6) is -22.4. The molecule has 16 amide bonds. The Kier molecular flexibility index (Phi) is 50.8. The van der Waals surface area contributed by atoms with Crippen LogP contribution >= 0.6 is 11.8 Å². The lowest BCUT2D eigenvalue weighted by atomic mass is 10.0. The second kappa shape index (κ2) is 55.9. The fourth-order valence-electron chi connectivity index (χ4n) is 10.5. The fraction of sp³-hybridized carbons (Fsp3) is 0.710. The molecule has 0 aliphatic rings. The van der Waals surface area contributed by atoms with Crippen LogP contribution in [0.25, 0.3) is 0 Å². The molecular formula is C69H119N19O26S. The van der Waals surface area contributed by atoms with Crippen LogP contribution in [0, 0.1) is 11.8 Å². The van der Waals surface area contributed by atoms with Gasteiger partial charge in [-0.1, -0.05) is 27.7 Å². The smallest absolute Gasteiger partial charge is 0.326 e. The minimum atomic E-state index is -1.85. The van der Waals surface area contributed by atoms with Crippen LogP contribution in [0.1, 0.15) is 165 Å².